The fraction of sp³-hybridized carbons (Fsp3) is 0.500. The van der Waals surface area contributed by atoms with Gasteiger partial charge < -0.3 is 5.32 Å². The molecule has 6 heteroatoms. The molecule has 0 aliphatic heterocycles. The minimum absolute atomic E-state index is 0.137. The number of ketones is 2. The number of carbonyl (C=O) groups excluding carboxylic acids is 3. The normalized spacial score (nSPS) is 31.2. The summed E-state index contributed by atoms with van der Waals surface area (Å²) in [5, 5.41) is 2.39. The molecule has 2 aliphatic carbocycles. The first-order valence-electron chi connectivity index (χ1n) is 7.93. The zero-order chi connectivity index (χ0) is 17.9. The summed E-state index contributed by atoms with van der Waals surface area (Å²) < 4.78 is 13.2. The van der Waals surface area contributed by atoms with Gasteiger partial charge in [-0.25, -0.2) is 4.39 Å². The molecule has 1 aromatic carbocycles. The molecule has 0 radical (unpaired) electrons. The van der Waals surface area contributed by atoms with E-state index in [1.807, 2.05) is 20.8 Å². The van der Waals surface area contributed by atoms with Crippen LogP contribution in [-0.2, 0) is 14.4 Å². The lowest BCUT2D eigenvalue weighted by atomic mass is 9.55. The number of fused-ring (bicyclic) bond motifs is 2. The van der Waals surface area contributed by atoms with Crippen LogP contribution in [0.2, 0.25) is 5.02 Å². The second-order valence-corrected chi connectivity index (χ2v) is 7.87. The molecule has 1 aromatic rings. The number of anilines is 1. The first kappa shape index (κ1) is 17.1. The molecule has 0 heterocycles. The molecule has 0 saturated heterocycles. The van der Waals surface area contributed by atoms with Crippen molar-refractivity contribution in [2.24, 2.45) is 22.7 Å². The van der Waals surface area contributed by atoms with Crippen molar-refractivity contribution in [3.8, 4) is 0 Å². The van der Waals surface area contributed by atoms with E-state index in [4.69, 9.17) is 11.6 Å². The van der Waals surface area contributed by atoms with Crippen molar-refractivity contribution in [1.29, 1.82) is 0 Å². The SMILES string of the molecule is CC1(C)C2CC[C@]1(C)C(=O)C(C(=O)Nc1ccc(F)c(Cl)c1)C2=O. The van der Waals surface area contributed by atoms with Crippen molar-refractivity contribution in [3.05, 3.63) is 29.0 Å². The Morgan fingerprint density at radius 3 is 2.58 bits per heavy atom. The Morgan fingerprint density at radius 2 is 1.96 bits per heavy atom. The first-order chi connectivity index (χ1) is 11.1. The lowest BCUT2D eigenvalue weighted by Crippen LogP contribution is -2.56. The predicted molar refractivity (Wildman–Crippen MR) is 88.2 cm³/mol. The van der Waals surface area contributed by atoms with Crippen LogP contribution in [0, 0.1) is 28.5 Å². The van der Waals surface area contributed by atoms with Crippen molar-refractivity contribution in [3.63, 3.8) is 0 Å². The van der Waals surface area contributed by atoms with E-state index in [2.05, 4.69) is 5.32 Å². The molecule has 128 valence electrons. The summed E-state index contributed by atoms with van der Waals surface area (Å²) >= 11 is 5.70. The number of hydrogen-bond acceptors (Lipinski definition) is 3. The Kier molecular flexibility index (Phi) is 3.83. The van der Waals surface area contributed by atoms with Gasteiger partial charge in [0, 0.05) is 17.0 Å². The molecular weight excluding hydrogens is 333 g/mol. The second-order valence-electron chi connectivity index (χ2n) is 7.46. The molecule has 1 N–H and O–H groups in total. The minimum Gasteiger partial charge on any atom is -0.325 e. The van der Waals surface area contributed by atoms with E-state index in [9.17, 15) is 18.8 Å². The number of nitrogens with one attached hydrogen (secondary N) is 1. The van der Waals surface area contributed by atoms with E-state index in [-0.39, 0.29) is 28.2 Å². The van der Waals surface area contributed by atoms with Crippen LogP contribution in [0.15, 0.2) is 18.2 Å². The van der Waals surface area contributed by atoms with Crippen molar-refractivity contribution >= 4 is 34.8 Å². The maximum absolute atomic E-state index is 13.2. The standard InChI is InChI=1S/C18H19ClFNO3/c1-17(2)10-6-7-18(17,3)15(23)13(14(10)22)16(24)21-9-4-5-12(20)11(19)8-9/h4-5,8,10,13H,6-7H2,1-3H3,(H,21,24)/t10?,13?,18-/m1/s1. The summed E-state index contributed by atoms with van der Waals surface area (Å²) in [6.45, 7) is 5.69. The van der Waals surface area contributed by atoms with Crippen LogP contribution in [-0.4, -0.2) is 17.5 Å². The van der Waals surface area contributed by atoms with Gasteiger partial charge in [0.1, 0.15) is 5.82 Å². The summed E-state index contributed by atoms with van der Waals surface area (Å²) in [7, 11) is 0. The first-order valence-corrected chi connectivity index (χ1v) is 8.31. The highest BCUT2D eigenvalue weighted by molar-refractivity contribution is 6.31. The molecule has 0 aromatic heterocycles. The van der Waals surface area contributed by atoms with Crippen molar-refractivity contribution in [2.75, 3.05) is 5.32 Å². The van der Waals surface area contributed by atoms with E-state index in [1.165, 1.54) is 12.1 Å². The number of carbonyl (C=O) groups is 3. The lowest BCUT2D eigenvalue weighted by Gasteiger charge is -2.46. The fourth-order valence-electron chi connectivity index (χ4n) is 4.12. The van der Waals surface area contributed by atoms with Crippen LogP contribution >= 0.6 is 11.6 Å². The van der Waals surface area contributed by atoms with Gasteiger partial charge in [-0.2, -0.15) is 0 Å². The van der Waals surface area contributed by atoms with Crippen LogP contribution in [0.3, 0.4) is 0 Å². The number of halogens is 2. The molecule has 24 heavy (non-hydrogen) atoms. The molecule has 2 fully saturated rings. The zero-order valence-electron chi connectivity index (χ0n) is 13.8. The Morgan fingerprint density at radius 1 is 1.29 bits per heavy atom. The van der Waals surface area contributed by atoms with E-state index in [0.717, 1.165) is 6.07 Å². The van der Waals surface area contributed by atoms with Gasteiger partial charge in [-0.15, -0.1) is 0 Å². The van der Waals surface area contributed by atoms with Gasteiger partial charge in [-0.3, -0.25) is 14.4 Å². The quantitative estimate of drug-likeness (QED) is 0.827. The lowest BCUT2D eigenvalue weighted by molar-refractivity contribution is -0.156. The summed E-state index contributed by atoms with van der Waals surface area (Å²) in [6.07, 6.45) is 1.24. The van der Waals surface area contributed by atoms with Gasteiger partial charge in [0.2, 0.25) is 5.91 Å². The highest BCUT2D eigenvalue weighted by Gasteiger charge is 2.66. The van der Waals surface area contributed by atoms with Crippen molar-refractivity contribution < 1.29 is 18.8 Å². The third kappa shape index (κ3) is 2.21. The van der Waals surface area contributed by atoms with E-state index < -0.39 is 28.5 Å². The molecule has 2 bridgehead atoms. The summed E-state index contributed by atoms with van der Waals surface area (Å²) in [5.74, 6) is -3.51. The average Bonchev–Trinajstić information content (AvgIpc) is 2.67. The van der Waals surface area contributed by atoms with Crippen LogP contribution < -0.4 is 5.32 Å². The van der Waals surface area contributed by atoms with Crippen molar-refractivity contribution in [2.45, 2.75) is 33.6 Å². The highest BCUT2D eigenvalue weighted by atomic mass is 35.5. The van der Waals surface area contributed by atoms with E-state index in [1.54, 1.807) is 0 Å². The summed E-state index contributed by atoms with van der Waals surface area (Å²) in [5.41, 5.74) is -0.875. The van der Waals surface area contributed by atoms with Gasteiger partial charge >= 0.3 is 0 Å². The number of benzene rings is 1. The molecule has 1 amide bonds. The summed E-state index contributed by atoms with van der Waals surface area (Å²) in [4.78, 5) is 38.2. The van der Waals surface area contributed by atoms with Crippen molar-refractivity contribution in [1.82, 2.24) is 0 Å². The maximum Gasteiger partial charge on any atom is 0.242 e. The third-order valence-electron chi connectivity index (χ3n) is 6.11. The van der Waals surface area contributed by atoms with Gasteiger partial charge in [0.15, 0.2) is 17.5 Å². The molecule has 2 saturated carbocycles. The third-order valence-corrected chi connectivity index (χ3v) is 6.40. The van der Waals surface area contributed by atoms with Gasteiger partial charge in [-0.1, -0.05) is 32.4 Å². The topological polar surface area (TPSA) is 63.2 Å². The molecule has 3 atom stereocenters. The second kappa shape index (κ2) is 5.38. The van der Waals surface area contributed by atoms with Crippen LogP contribution in [0.5, 0.6) is 0 Å². The monoisotopic (exact) mass is 351 g/mol. The van der Waals surface area contributed by atoms with E-state index in [0.29, 0.717) is 12.8 Å². The Labute approximate surface area is 144 Å². The minimum atomic E-state index is -1.31. The number of amides is 1. The Hall–Kier alpha value is -1.75. The molecular formula is C18H19ClFNO3. The smallest absolute Gasteiger partial charge is 0.242 e. The Balaban J connectivity index is 1.89. The van der Waals surface area contributed by atoms with Crippen LogP contribution in [0.4, 0.5) is 10.1 Å². The summed E-state index contributed by atoms with van der Waals surface area (Å²) in [6, 6.07) is 3.72. The van der Waals surface area contributed by atoms with Crippen LogP contribution in [0.25, 0.3) is 0 Å². The number of hydrogen-bond donors (Lipinski definition) is 1. The molecule has 3 rings (SSSR count). The maximum atomic E-state index is 13.2. The number of Topliss-reactive ketones (excluding diaryl/α,β-unsaturated/α-hetero) is 2. The molecule has 4 nitrogen and oxygen atoms in total. The largest absolute Gasteiger partial charge is 0.325 e. The van der Waals surface area contributed by atoms with E-state index >= 15 is 0 Å². The van der Waals surface area contributed by atoms with Gasteiger partial charge in [-0.05, 0) is 36.5 Å². The van der Waals surface area contributed by atoms with Gasteiger partial charge in [0.25, 0.3) is 0 Å². The fourth-order valence-corrected chi connectivity index (χ4v) is 4.31. The molecule has 0 spiro atoms. The van der Waals surface area contributed by atoms with Gasteiger partial charge in [0.05, 0.1) is 5.02 Å². The molecule has 2 unspecified atom stereocenters. The Bertz CT molecular complexity index is 761. The molecule has 2 aliphatic rings. The number of rotatable bonds is 2. The highest BCUT2D eigenvalue weighted by Crippen LogP contribution is 2.61. The average molecular weight is 352 g/mol. The van der Waals surface area contributed by atoms with Crippen LogP contribution in [0.1, 0.15) is 33.6 Å². The zero-order valence-corrected chi connectivity index (χ0v) is 14.5. The predicted octanol–water partition coefficient (Wildman–Crippen LogP) is 3.63.